The van der Waals surface area contributed by atoms with Crippen LogP contribution in [0.3, 0.4) is 0 Å². The second kappa shape index (κ2) is 7.14. The zero-order valence-corrected chi connectivity index (χ0v) is 13.7. The Hall–Kier alpha value is -0.260. The lowest BCUT2D eigenvalue weighted by Gasteiger charge is -2.27. The van der Waals surface area contributed by atoms with Gasteiger partial charge >= 0.3 is 0 Å². The maximum absolute atomic E-state index is 4.91. The van der Waals surface area contributed by atoms with Gasteiger partial charge in [-0.2, -0.15) is 11.8 Å². The lowest BCUT2D eigenvalue weighted by Crippen LogP contribution is -2.27. The summed E-state index contributed by atoms with van der Waals surface area (Å²) < 4.78 is 0. The van der Waals surface area contributed by atoms with Crippen molar-refractivity contribution < 1.29 is 0 Å². The minimum absolute atomic E-state index is 0.473. The van der Waals surface area contributed by atoms with Crippen LogP contribution in [0.1, 0.15) is 54.6 Å². The first-order valence-corrected chi connectivity index (χ1v) is 9.87. The molecule has 3 nitrogen and oxygen atoms in total. The highest BCUT2D eigenvalue weighted by Gasteiger charge is 2.24. The fraction of sp³-hybridized carbons (Fsp3) is 0.733. The Labute approximate surface area is 130 Å². The maximum atomic E-state index is 4.91. The van der Waals surface area contributed by atoms with Gasteiger partial charge in [-0.1, -0.05) is 6.92 Å². The molecule has 3 rings (SSSR count). The van der Waals surface area contributed by atoms with Crippen LogP contribution in [0.2, 0.25) is 0 Å². The zero-order valence-electron chi connectivity index (χ0n) is 12.1. The number of aryl methyl sites for hydroxylation is 1. The molecule has 1 fully saturated rings. The summed E-state index contributed by atoms with van der Waals surface area (Å²) in [6.45, 7) is 3.30. The van der Waals surface area contributed by atoms with Crippen molar-refractivity contribution in [1.82, 2.24) is 15.3 Å². The molecule has 1 aromatic heterocycles. The monoisotopic (exact) mass is 309 g/mol. The molecule has 5 heteroatoms. The van der Waals surface area contributed by atoms with E-state index in [-0.39, 0.29) is 0 Å². The number of hydrogen-bond donors (Lipinski definition) is 1. The molecule has 1 aromatic rings. The van der Waals surface area contributed by atoms with Crippen molar-refractivity contribution in [2.75, 3.05) is 23.8 Å². The maximum Gasteiger partial charge on any atom is 0.142 e. The van der Waals surface area contributed by atoms with Gasteiger partial charge in [0.2, 0.25) is 0 Å². The number of thioether (sulfide) groups is 2. The van der Waals surface area contributed by atoms with E-state index in [1.54, 1.807) is 0 Å². The molecule has 0 bridgehead atoms. The van der Waals surface area contributed by atoms with Crippen molar-refractivity contribution >= 4 is 23.5 Å². The fourth-order valence-corrected chi connectivity index (χ4v) is 5.49. The van der Waals surface area contributed by atoms with E-state index in [1.807, 2.05) is 23.5 Å². The molecule has 0 aromatic carbocycles. The third-order valence-corrected chi connectivity index (χ3v) is 6.70. The first-order chi connectivity index (χ1) is 9.88. The van der Waals surface area contributed by atoms with Gasteiger partial charge in [0.05, 0.1) is 5.25 Å². The molecule has 2 unspecified atom stereocenters. The largest absolute Gasteiger partial charge is 0.310 e. The Morgan fingerprint density at radius 1 is 1.40 bits per heavy atom. The molecule has 2 aliphatic rings. The van der Waals surface area contributed by atoms with Crippen molar-refractivity contribution in [2.45, 2.75) is 43.9 Å². The lowest BCUT2D eigenvalue weighted by atomic mass is 9.92. The van der Waals surface area contributed by atoms with E-state index in [1.165, 1.54) is 47.8 Å². The summed E-state index contributed by atoms with van der Waals surface area (Å²) in [4.78, 5) is 9.60. The van der Waals surface area contributed by atoms with Gasteiger partial charge in [-0.15, -0.1) is 11.8 Å². The summed E-state index contributed by atoms with van der Waals surface area (Å²) in [7, 11) is 0. The predicted molar refractivity (Wildman–Crippen MR) is 88.5 cm³/mol. The van der Waals surface area contributed by atoms with E-state index in [9.17, 15) is 0 Å². The average molecular weight is 310 g/mol. The third kappa shape index (κ3) is 3.31. The van der Waals surface area contributed by atoms with Crippen LogP contribution in [-0.4, -0.2) is 33.8 Å². The van der Waals surface area contributed by atoms with Crippen molar-refractivity contribution in [3.05, 3.63) is 23.3 Å². The Morgan fingerprint density at radius 3 is 3.15 bits per heavy atom. The van der Waals surface area contributed by atoms with Gasteiger partial charge in [0.1, 0.15) is 5.82 Å². The number of nitrogens with one attached hydrogen (secondary N) is 1. The number of hydrogen-bond acceptors (Lipinski definition) is 5. The molecule has 1 aliphatic carbocycles. The summed E-state index contributed by atoms with van der Waals surface area (Å²) in [6, 6.07) is 0.473. The van der Waals surface area contributed by atoms with Crippen LogP contribution >= 0.6 is 23.5 Å². The molecule has 0 amide bonds. The van der Waals surface area contributed by atoms with Crippen LogP contribution in [0.15, 0.2) is 6.20 Å². The van der Waals surface area contributed by atoms with Gasteiger partial charge in [0.25, 0.3) is 0 Å². The smallest absolute Gasteiger partial charge is 0.142 e. The summed E-state index contributed by atoms with van der Waals surface area (Å²) in [6.07, 6.45) is 6.88. The average Bonchev–Trinajstić information content (AvgIpc) is 2.53. The second-order valence-corrected chi connectivity index (χ2v) is 7.92. The Bertz CT molecular complexity index is 447. The summed E-state index contributed by atoms with van der Waals surface area (Å²) in [5, 5.41) is 4.14. The summed E-state index contributed by atoms with van der Waals surface area (Å²) >= 11 is 4.05. The van der Waals surface area contributed by atoms with Crippen LogP contribution in [0.4, 0.5) is 0 Å². The van der Waals surface area contributed by atoms with Gasteiger partial charge in [0.15, 0.2) is 0 Å². The van der Waals surface area contributed by atoms with Crippen LogP contribution < -0.4 is 5.32 Å². The molecule has 2 atom stereocenters. The molecule has 0 radical (unpaired) electrons. The predicted octanol–water partition coefficient (Wildman–Crippen LogP) is 3.37. The van der Waals surface area contributed by atoms with E-state index < -0.39 is 0 Å². The van der Waals surface area contributed by atoms with Crippen molar-refractivity contribution in [3.8, 4) is 0 Å². The van der Waals surface area contributed by atoms with Gasteiger partial charge in [-0.25, -0.2) is 9.97 Å². The minimum Gasteiger partial charge on any atom is -0.310 e. The first kappa shape index (κ1) is 14.7. The molecule has 1 aliphatic heterocycles. The van der Waals surface area contributed by atoms with Gasteiger partial charge in [-0.3, -0.25) is 0 Å². The molecule has 2 heterocycles. The standard InChI is InChI=1S/C15H23N3S2/c1-2-6-16-12-4-3-5-13-11(12)9-17-15(18-13)14-10-19-7-8-20-14/h9,12,14,16H,2-8,10H2,1H3. The summed E-state index contributed by atoms with van der Waals surface area (Å²) in [5.74, 6) is 4.74. The minimum atomic E-state index is 0.473. The quantitative estimate of drug-likeness (QED) is 0.923. The molecule has 1 saturated heterocycles. The van der Waals surface area contributed by atoms with Crippen molar-refractivity contribution in [3.63, 3.8) is 0 Å². The highest BCUT2D eigenvalue weighted by molar-refractivity contribution is 8.06. The number of rotatable bonds is 4. The number of nitrogens with zero attached hydrogens (tertiary/aromatic N) is 2. The van der Waals surface area contributed by atoms with Crippen molar-refractivity contribution in [2.24, 2.45) is 0 Å². The van der Waals surface area contributed by atoms with E-state index in [2.05, 4.69) is 23.4 Å². The molecule has 1 N–H and O–H groups in total. The van der Waals surface area contributed by atoms with Crippen LogP contribution in [-0.2, 0) is 6.42 Å². The number of aromatic nitrogens is 2. The highest BCUT2D eigenvalue weighted by Crippen LogP contribution is 2.36. The Balaban J connectivity index is 1.77. The third-order valence-electron chi connectivity index (χ3n) is 3.95. The van der Waals surface area contributed by atoms with E-state index in [0.717, 1.165) is 18.8 Å². The van der Waals surface area contributed by atoms with Gasteiger partial charge < -0.3 is 5.32 Å². The molecule has 110 valence electrons. The fourth-order valence-electron chi connectivity index (χ4n) is 2.88. The summed E-state index contributed by atoms with van der Waals surface area (Å²) in [5.41, 5.74) is 2.65. The van der Waals surface area contributed by atoms with Crippen LogP contribution in [0.5, 0.6) is 0 Å². The molecule has 0 saturated carbocycles. The van der Waals surface area contributed by atoms with Gasteiger partial charge in [-0.05, 0) is 32.2 Å². The van der Waals surface area contributed by atoms with Crippen LogP contribution in [0.25, 0.3) is 0 Å². The van der Waals surface area contributed by atoms with Crippen molar-refractivity contribution in [1.29, 1.82) is 0 Å². The zero-order chi connectivity index (χ0) is 13.8. The van der Waals surface area contributed by atoms with E-state index in [4.69, 9.17) is 4.98 Å². The van der Waals surface area contributed by atoms with E-state index >= 15 is 0 Å². The molecular weight excluding hydrogens is 286 g/mol. The Morgan fingerprint density at radius 2 is 2.35 bits per heavy atom. The topological polar surface area (TPSA) is 37.8 Å². The van der Waals surface area contributed by atoms with Gasteiger partial charge in [0, 0.05) is 40.8 Å². The lowest BCUT2D eigenvalue weighted by molar-refractivity contribution is 0.452. The van der Waals surface area contributed by atoms with E-state index in [0.29, 0.717) is 11.3 Å². The normalized spacial score (nSPS) is 26.2. The molecular formula is C15H23N3S2. The second-order valence-electron chi connectivity index (χ2n) is 5.46. The SMILES string of the molecule is CCCNC1CCCc2nc(C3CSCCS3)ncc21. The van der Waals surface area contributed by atoms with Crippen LogP contribution in [0, 0.1) is 0 Å². The number of fused-ring (bicyclic) bond motifs is 1. The first-order valence-electron chi connectivity index (χ1n) is 7.67. The molecule has 0 spiro atoms. The Kier molecular flexibility index (Phi) is 5.24. The molecule has 20 heavy (non-hydrogen) atoms. The highest BCUT2D eigenvalue weighted by atomic mass is 32.2.